The van der Waals surface area contributed by atoms with Crippen molar-refractivity contribution in [1.29, 1.82) is 0 Å². The number of carbonyl (C=O) groups excluding carboxylic acids is 2. The van der Waals surface area contributed by atoms with E-state index in [-0.39, 0.29) is 0 Å². The Kier molecular flexibility index (Phi) is 4.93. The zero-order valence-corrected chi connectivity index (χ0v) is 11.5. The van der Waals surface area contributed by atoms with E-state index in [1.807, 2.05) is 6.07 Å². The number of rotatable bonds is 5. The Morgan fingerprint density at radius 3 is 2.57 bits per heavy atom. The van der Waals surface area contributed by atoms with Crippen molar-refractivity contribution in [2.75, 3.05) is 7.11 Å². The fourth-order valence-electron chi connectivity index (χ4n) is 1.78. The minimum Gasteiger partial charge on any atom is -0.467 e. The molecule has 2 aromatic rings. The lowest BCUT2D eigenvalue weighted by Crippen LogP contribution is -2.33. The van der Waals surface area contributed by atoms with Gasteiger partial charge in [0, 0.05) is 6.08 Å². The lowest BCUT2D eigenvalue weighted by molar-refractivity contribution is -0.144. The van der Waals surface area contributed by atoms with Gasteiger partial charge in [-0.15, -0.1) is 0 Å². The highest BCUT2D eigenvalue weighted by Gasteiger charge is 2.22. The summed E-state index contributed by atoms with van der Waals surface area (Å²) in [5.41, 5.74) is 0.657. The zero-order chi connectivity index (χ0) is 15.1. The van der Waals surface area contributed by atoms with E-state index in [4.69, 9.17) is 9.15 Å². The quantitative estimate of drug-likeness (QED) is 0.676. The number of methoxy groups -OCH3 is 1. The van der Waals surface area contributed by atoms with Crippen LogP contribution in [0.5, 0.6) is 0 Å². The predicted octanol–water partition coefficient (Wildman–Crippen LogP) is 2.32. The SMILES string of the molecule is COC(=O)C(NC(=O)/C=C/c1ccco1)c1ccccc1. The van der Waals surface area contributed by atoms with Crippen molar-refractivity contribution in [2.24, 2.45) is 0 Å². The van der Waals surface area contributed by atoms with Crippen molar-refractivity contribution >= 4 is 18.0 Å². The molecule has 1 heterocycles. The van der Waals surface area contributed by atoms with Gasteiger partial charge in [0.2, 0.25) is 5.91 Å². The van der Waals surface area contributed by atoms with Gasteiger partial charge in [-0.3, -0.25) is 4.79 Å². The number of hydrogen-bond donors (Lipinski definition) is 1. The van der Waals surface area contributed by atoms with E-state index >= 15 is 0 Å². The highest BCUT2D eigenvalue weighted by Crippen LogP contribution is 2.14. The Labute approximate surface area is 122 Å². The first-order valence-electron chi connectivity index (χ1n) is 6.35. The third-order valence-corrected chi connectivity index (χ3v) is 2.80. The predicted molar refractivity (Wildman–Crippen MR) is 77.1 cm³/mol. The molecule has 1 aromatic heterocycles. The van der Waals surface area contributed by atoms with Gasteiger partial charge in [0.1, 0.15) is 5.76 Å². The second-order valence-corrected chi connectivity index (χ2v) is 4.22. The molecule has 0 saturated heterocycles. The second kappa shape index (κ2) is 7.09. The summed E-state index contributed by atoms with van der Waals surface area (Å²) >= 11 is 0. The van der Waals surface area contributed by atoms with Crippen molar-refractivity contribution in [3.8, 4) is 0 Å². The van der Waals surface area contributed by atoms with Crippen molar-refractivity contribution in [3.05, 3.63) is 66.1 Å². The number of furan rings is 1. The second-order valence-electron chi connectivity index (χ2n) is 4.22. The van der Waals surface area contributed by atoms with Gasteiger partial charge in [0.25, 0.3) is 0 Å². The summed E-state index contributed by atoms with van der Waals surface area (Å²) in [7, 11) is 1.28. The van der Waals surface area contributed by atoms with E-state index in [2.05, 4.69) is 5.32 Å². The topological polar surface area (TPSA) is 68.5 Å². The van der Waals surface area contributed by atoms with Crippen molar-refractivity contribution < 1.29 is 18.7 Å². The number of benzene rings is 1. The largest absolute Gasteiger partial charge is 0.467 e. The average Bonchev–Trinajstić information content (AvgIpc) is 3.04. The molecule has 5 nitrogen and oxygen atoms in total. The molecule has 0 aliphatic carbocycles. The van der Waals surface area contributed by atoms with Gasteiger partial charge < -0.3 is 14.5 Å². The minimum atomic E-state index is -0.843. The Morgan fingerprint density at radius 2 is 1.95 bits per heavy atom. The molecule has 0 saturated carbocycles. The maximum absolute atomic E-state index is 11.9. The number of ether oxygens (including phenoxy) is 1. The Hall–Kier alpha value is -2.82. The first kappa shape index (κ1) is 14.6. The molecule has 2 rings (SSSR count). The van der Waals surface area contributed by atoms with Crippen LogP contribution in [-0.4, -0.2) is 19.0 Å². The number of nitrogens with one attached hydrogen (secondary N) is 1. The number of hydrogen-bond acceptors (Lipinski definition) is 4. The van der Waals surface area contributed by atoms with Gasteiger partial charge in [-0.1, -0.05) is 30.3 Å². The van der Waals surface area contributed by atoms with Crippen LogP contribution in [0.25, 0.3) is 6.08 Å². The van der Waals surface area contributed by atoms with Crippen LogP contribution in [0.15, 0.2) is 59.2 Å². The van der Waals surface area contributed by atoms with Crippen LogP contribution in [0.3, 0.4) is 0 Å². The highest BCUT2D eigenvalue weighted by molar-refractivity contribution is 5.94. The molecular formula is C16H15NO4. The molecule has 1 aromatic carbocycles. The molecule has 1 atom stereocenters. The normalized spacial score (nSPS) is 12.0. The van der Waals surface area contributed by atoms with Gasteiger partial charge in [-0.05, 0) is 23.8 Å². The van der Waals surface area contributed by atoms with Crippen LogP contribution in [0.2, 0.25) is 0 Å². The summed E-state index contributed by atoms with van der Waals surface area (Å²) in [6.45, 7) is 0. The molecular weight excluding hydrogens is 270 g/mol. The molecule has 0 aliphatic heterocycles. The first-order valence-corrected chi connectivity index (χ1v) is 6.35. The number of esters is 1. The minimum absolute atomic E-state index is 0.411. The lowest BCUT2D eigenvalue weighted by Gasteiger charge is -2.15. The van der Waals surface area contributed by atoms with Crippen LogP contribution in [0.1, 0.15) is 17.4 Å². The van der Waals surface area contributed by atoms with E-state index in [1.165, 1.54) is 25.5 Å². The summed E-state index contributed by atoms with van der Waals surface area (Å²) in [4.78, 5) is 23.7. The lowest BCUT2D eigenvalue weighted by atomic mass is 10.1. The molecule has 0 radical (unpaired) electrons. The summed E-state index contributed by atoms with van der Waals surface area (Å²) in [5, 5.41) is 2.60. The van der Waals surface area contributed by atoms with E-state index in [0.717, 1.165) is 0 Å². The summed E-state index contributed by atoms with van der Waals surface area (Å²) in [6.07, 6.45) is 4.34. The molecule has 0 fully saturated rings. The van der Waals surface area contributed by atoms with Gasteiger partial charge >= 0.3 is 5.97 Å². The van der Waals surface area contributed by atoms with Crippen LogP contribution in [-0.2, 0) is 14.3 Å². The Morgan fingerprint density at radius 1 is 1.19 bits per heavy atom. The monoisotopic (exact) mass is 285 g/mol. The van der Waals surface area contributed by atoms with E-state index in [9.17, 15) is 9.59 Å². The highest BCUT2D eigenvalue weighted by atomic mass is 16.5. The molecule has 108 valence electrons. The zero-order valence-electron chi connectivity index (χ0n) is 11.5. The summed E-state index contributed by atoms with van der Waals surface area (Å²) in [5.74, 6) is -0.383. The van der Waals surface area contributed by atoms with Crippen LogP contribution in [0, 0.1) is 0 Å². The van der Waals surface area contributed by atoms with Crippen LogP contribution >= 0.6 is 0 Å². The first-order chi connectivity index (χ1) is 10.2. The maximum Gasteiger partial charge on any atom is 0.333 e. The standard InChI is InChI=1S/C16H15NO4/c1-20-16(19)15(12-6-3-2-4-7-12)17-14(18)10-9-13-8-5-11-21-13/h2-11,15H,1H3,(H,17,18)/b10-9+. The fraction of sp³-hybridized carbons (Fsp3) is 0.125. The van der Waals surface area contributed by atoms with E-state index in [0.29, 0.717) is 11.3 Å². The number of carbonyl (C=O) groups is 2. The molecule has 21 heavy (non-hydrogen) atoms. The third-order valence-electron chi connectivity index (χ3n) is 2.80. The van der Waals surface area contributed by atoms with Crippen molar-refractivity contribution in [2.45, 2.75) is 6.04 Å². The summed E-state index contributed by atoms with van der Waals surface area (Å²) in [6, 6.07) is 11.5. The average molecular weight is 285 g/mol. The third kappa shape index (κ3) is 4.07. The van der Waals surface area contributed by atoms with E-state index < -0.39 is 17.9 Å². The molecule has 5 heteroatoms. The van der Waals surface area contributed by atoms with Gasteiger partial charge in [-0.25, -0.2) is 4.79 Å². The Balaban J connectivity index is 2.08. The van der Waals surface area contributed by atoms with Crippen molar-refractivity contribution in [3.63, 3.8) is 0 Å². The fourth-order valence-corrected chi connectivity index (χ4v) is 1.78. The molecule has 0 bridgehead atoms. The Bertz CT molecular complexity index is 617. The van der Waals surface area contributed by atoms with Crippen LogP contribution in [0.4, 0.5) is 0 Å². The van der Waals surface area contributed by atoms with Gasteiger partial charge in [0.05, 0.1) is 13.4 Å². The molecule has 0 spiro atoms. The molecule has 1 N–H and O–H groups in total. The molecule has 1 unspecified atom stereocenters. The maximum atomic E-state index is 11.9. The number of amides is 1. The van der Waals surface area contributed by atoms with Gasteiger partial charge in [0.15, 0.2) is 6.04 Å². The van der Waals surface area contributed by atoms with Crippen LogP contribution < -0.4 is 5.32 Å². The molecule has 1 amide bonds. The van der Waals surface area contributed by atoms with E-state index in [1.54, 1.807) is 36.4 Å². The smallest absolute Gasteiger partial charge is 0.333 e. The summed E-state index contributed by atoms with van der Waals surface area (Å²) < 4.78 is 9.81. The molecule has 0 aliphatic rings. The van der Waals surface area contributed by atoms with Gasteiger partial charge in [-0.2, -0.15) is 0 Å². The van der Waals surface area contributed by atoms with Crippen molar-refractivity contribution in [1.82, 2.24) is 5.32 Å².